The molecule has 3 N–H and O–H groups in total. The molecule has 11 heteroatoms. The number of benzene rings is 1. The van der Waals surface area contributed by atoms with Crippen molar-refractivity contribution in [3.05, 3.63) is 42.6 Å². The number of aryl methyl sites for hydroxylation is 1. The number of carbonyl (C=O) groups excluding carboxylic acids is 1. The number of H-pyrrole nitrogens is 1. The number of pyridine rings is 1. The van der Waals surface area contributed by atoms with E-state index >= 15 is 0 Å². The summed E-state index contributed by atoms with van der Waals surface area (Å²) in [5, 5.41) is 5.68. The first-order chi connectivity index (χ1) is 16.0. The Morgan fingerprint density at radius 1 is 1.18 bits per heavy atom. The summed E-state index contributed by atoms with van der Waals surface area (Å²) in [5.74, 6) is -0.289. The van der Waals surface area contributed by atoms with Crippen LogP contribution < -0.4 is 10.6 Å². The first kappa shape index (κ1) is 22.7. The highest BCUT2D eigenvalue weighted by atomic mass is 32.2. The third kappa shape index (κ3) is 5.48. The van der Waals surface area contributed by atoms with Crippen molar-refractivity contribution in [2.24, 2.45) is 7.05 Å². The molecule has 0 saturated heterocycles. The number of aromatic amines is 1. The Morgan fingerprint density at radius 2 is 1.97 bits per heavy atom. The van der Waals surface area contributed by atoms with E-state index in [0.29, 0.717) is 17.6 Å². The van der Waals surface area contributed by atoms with Crippen molar-refractivity contribution >= 4 is 46.5 Å². The van der Waals surface area contributed by atoms with E-state index < -0.39 is 12.2 Å². The lowest BCUT2D eigenvalue weighted by atomic mass is 10.1. The van der Waals surface area contributed by atoms with Crippen molar-refractivity contribution in [2.45, 2.75) is 30.6 Å². The summed E-state index contributed by atoms with van der Waals surface area (Å²) >= 11 is 1.53. The van der Waals surface area contributed by atoms with Crippen molar-refractivity contribution in [3.63, 3.8) is 0 Å². The van der Waals surface area contributed by atoms with Crippen LogP contribution in [0.1, 0.15) is 31.5 Å². The summed E-state index contributed by atoms with van der Waals surface area (Å²) < 4.78 is 28.1. The maximum absolute atomic E-state index is 13.1. The van der Waals surface area contributed by atoms with Crippen molar-refractivity contribution in [2.75, 3.05) is 16.9 Å². The molecule has 3 heterocycles. The fourth-order valence-electron chi connectivity index (χ4n) is 3.00. The first-order valence-electron chi connectivity index (χ1n) is 10.3. The number of halogens is 2. The number of imidazole rings is 2. The molecule has 8 nitrogen and oxygen atoms in total. The molecular weight excluding hydrogens is 448 g/mol. The fourth-order valence-corrected chi connectivity index (χ4v) is 3.59. The summed E-state index contributed by atoms with van der Waals surface area (Å²) in [5.41, 5.74) is 3.43. The average Bonchev–Trinajstić information content (AvgIpc) is 3.52. The highest BCUT2D eigenvalue weighted by molar-refractivity contribution is 7.98. The second-order valence-electron chi connectivity index (χ2n) is 7.46. The molecule has 33 heavy (non-hydrogen) atoms. The third-order valence-electron chi connectivity index (χ3n) is 4.72. The standard InChI is InChI=1S/C19H17F2N7OS.C3H6/c1-28-7-13(22-8-28)10-3-4-11(14(5-10)30-2)24-12-6-15(23-9-29)25-18-16(12)26-19(27-18)17(20)21;1-2-3-1/h3-9,17H,1-2H3,(H3,23,24,25,26,27,29);1-3H2. The smallest absolute Gasteiger partial charge is 0.295 e. The van der Waals surface area contributed by atoms with Crippen molar-refractivity contribution in [1.29, 1.82) is 0 Å². The van der Waals surface area contributed by atoms with Crippen LogP contribution in [0, 0.1) is 0 Å². The van der Waals surface area contributed by atoms with Gasteiger partial charge in [-0.05, 0) is 18.4 Å². The largest absolute Gasteiger partial charge is 0.353 e. The SMILES string of the molecule is C1CC1.CSc1cc(-c2cn(C)cn2)ccc1Nc1cc(NC=O)nc2nc(C(F)F)[nH]c12. The van der Waals surface area contributed by atoms with E-state index in [1.54, 1.807) is 12.4 Å². The second-order valence-corrected chi connectivity index (χ2v) is 8.31. The van der Waals surface area contributed by atoms with Gasteiger partial charge in [0.15, 0.2) is 11.5 Å². The number of thioether (sulfide) groups is 1. The van der Waals surface area contributed by atoms with Crippen LogP contribution in [0.15, 0.2) is 41.7 Å². The molecule has 5 rings (SSSR count). The summed E-state index contributed by atoms with van der Waals surface area (Å²) in [6, 6.07) is 7.36. The molecule has 1 saturated carbocycles. The molecule has 0 atom stereocenters. The summed E-state index contributed by atoms with van der Waals surface area (Å²) in [6.07, 6.45) is 7.79. The topological polar surface area (TPSA) is 101 Å². The number of aromatic nitrogens is 5. The number of nitrogens with zero attached hydrogens (tertiary/aromatic N) is 4. The number of anilines is 3. The molecule has 1 aliphatic carbocycles. The Hall–Kier alpha value is -3.47. The molecule has 0 aliphatic heterocycles. The Kier molecular flexibility index (Phi) is 6.87. The minimum Gasteiger partial charge on any atom is -0.353 e. The van der Waals surface area contributed by atoms with Crippen LogP contribution in [0.4, 0.5) is 26.0 Å². The molecule has 0 radical (unpaired) electrons. The molecule has 1 amide bonds. The molecule has 4 aromatic rings. The molecule has 3 aromatic heterocycles. The van der Waals surface area contributed by atoms with E-state index in [-0.39, 0.29) is 11.5 Å². The van der Waals surface area contributed by atoms with Crippen LogP contribution in [0.5, 0.6) is 0 Å². The minimum absolute atomic E-state index is 0.0791. The summed E-state index contributed by atoms with van der Waals surface area (Å²) in [7, 11) is 1.90. The van der Waals surface area contributed by atoms with Gasteiger partial charge in [0.2, 0.25) is 6.41 Å². The number of hydrogen-bond acceptors (Lipinski definition) is 6. The summed E-state index contributed by atoms with van der Waals surface area (Å²) in [4.78, 5) is 26.7. The zero-order chi connectivity index (χ0) is 23.4. The van der Waals surface area contributed by atoms with Crippen molar-refractivity contribution in [1.82, 2.24) is 24.5 Å². The van der Waals surface area contributed by atoms with E-state index in [0.717, 1.165) is 21.8 Å². The van der Waals surface area contributed by atoms with E-state index in [1.807, 2.05) is 42.3 Å². The number of carbonyl (C=O) groups is 1. The van der Waals surface area contributed by atoms with Crippen LogP contribution in [0.3, 0.4) is 0 Å². The van der Waals surface area contributed by atoms with Crippen LogP contribution >= 0.6 is 11.8 Å². The van der Waals surface area contributed by atoms with E-state index in [2.05, 4.69) is 30.6 Å². The van der Waals surface area contributed by atoms with Gasteiger partial charge in [-0.15, -0.1) is 11.8 Å². The maximum Gasteiger partial charge on any atom is 0.295 e. The monoisotopic (exact) mass is 471 g/mol. The normalized spacial score (nSPS) is 12.4. The van der Waals surface area contributed by atoms with Gasteiger partial charge in [0, 0.05) is 29.8 Å². The fraction of sp³-hybridized carbons (Fsp3) is 0.273. The molecule has 0 spiro atoms. The van der Waals surface area contributed by atoms with Gasteiger partial charge < -0.3 is 20.2 Å². The van der Waals surface area contributed by atoms with Crippen LogP contribution in [0.2, 0.25) is 0 Å². The number of fused-ring (bicyclic) bond motifs is 1. The van der Waals surface area contributed by atoms with Gasteiger partial charge in [0.05, 0.1) is 23.4 Å². The molecule has 172 valence electrons. The van der Waals surface area contributed by atoms with E-state index in [4.69, 9.17) is 0 Å². The van der Waals surface area contributed by atoms with Gasteiger partial charge >= 0.3 is 0 Å². The lowest BCUT2D eigenvalue weighted by molar-refractivity contribution is -0.105. The number of amides is 1. The molecular formula is C22H23F2N7OS. The first-order valence-corrected chi connectivity index (χ1v) is 11.5. The molecule has 1 aromatic carbocycles. The van der Waals surface area contributed by atoms with Crippen molar-refractivity contribution in [3.8, 4) is 11.3 Å². The molecule has 1 aliphatic rings. The number of alkyl halides is 2. The minimum atomic E-state index is -2.77. The van der Waals surface area contributed by atoms with Crippen LogP contribution in [0.25, 0.3) is 22.4 Å². The predicted octanol–water partition coefficient (Wildman–Crippen LogP) is 5.50. The number of nitrogens with one attached hydrogen (secondary N) is 3. The maximum atomic E-state index is 13.1. The Bertz CT molecular complexity index is 1270. The van der Waals surface area contributed by atoms with Gasteiger partial charge in [-0.1, -0.05) is 25.3 Å². The van der Waals surface area contributed by atoms with Gasteiger partial charge in [0.1, 0.15) is 11.3 Å². The van der Waals surface area contributed by atoms with Gasteiger partial charge in [-0.2, -0.15) is 0 Å². The van der Waals surface area contributed by atoms with Gasteiger partial charge in [-0.3, -0.25) is 4.79 Å². The van der Waals surface area contributed by atoms with E-state index in [9.17, 15) is 13.6 Å². The second kappa shape index (κ2) is 9.99. The highest BCUT2D eigenvalue weighted by Gasteiger charge is 2.18. The predicted molar refractivity (Wildman–Crippen MR) is 126 cm³/mol. The van der Waals surface area contributed by atoms with Crippen LogP contribution in [-0.2, 0) is 11.8 Å². The quantitative estimate of drug-likeness (QED) is 0.243. The Morgan fingerprint density at radius 3 is 2.58 bits per heavy atom. The summed E-state index contributed by atoms with van der Waals surface area (Å²) in [6.45, 7) is 0. The number of rotatable bonds is 7. The van der Waals surface area contributed by atoms with Gasteiger partial charge in [0.25, 0.3) is 6.43 Å². The van der Waals surface area contributed by atoms with Crippen LogP contribution in [-0.4, -0.2) is 37.2 Å². The molecule has 0 bridgehead atoms. The van der Waals surface area contributed by atoms with Gasteiger partial charge in [-0.25, -0.2) is 23.7 Å². The Labute approximate surface area is 193 Å². The number of hydrogen-bond donors (Lipinski definition) is 3. The average molecular weight is 472 g/mol. The zero-order valence-electron chi connectivity index (χ0n) is 18.1. The molecule has 0 unspecified atom stereocenters. The Balaban J connectivity index is 0.000000799. The zero-order valence-corrected chi connectivity index (χ0v) is 18.9. The highest BCUT2D eigenvalue weighted by Crippen LogP contribution is 2.35. The van der Waals surface area contributed by atoms with Crippen molar-refractivity contribution < 1.29 is 13.6 Å². The lowest BCUT2D eigenvalue weighted by Gasteiger charge is -2.13. The lowest BCUT2D eigenvalue weighted by Crippen LogP contribution is -2.00. The molecule has 1 fully saturated rings. The van der Waals surface area contributed by atoms with E-state index in [1.165, 1.54) is 31.0 Å². The third-order valence-corrected chi connectivity index (χ3v) is 5.50.